The molecule has 0 atom stereocenters. The van der Waals surface area contributed by atoms with Crippen LogP contribution in [-0.4, -0.2) is 46.6 Å². The number of pyridine rings is 2. The van der Waals surface area contributed by atoms with Gasteiger partial charge in [0, 0.05) is 22.0 Å². The van der Waals surface area contributed by atoms with E-state index in [-0.39, 0.29) is 24.9 Å². The van der Waals surface area contributed by atoms with Gasteiger partial charge in [0.05, 0.1) is 6.61 Å². The van der Waals surface area contributed by atoms with Gasteiger partial charge in [-0.1, -0.05) is 0 Å². The summed E-state index contributed by atoms with van der Waals surface area (Å²) in [5, 5.41) is 13.3. The molecule has 154 valence electrons. The van der Waals surface area contributed by atoms with Crippen LogP contribution in [0, 0.1) is 10.1 Å². The van der Waals surface area contributed by atoms with E-state index in [0.29, 0.717) is 20.8 Å². The Morgan fingerprint density at radius 3 is 2.66 bits per heavy atom. The number of fused-ring (bicyclic) bond motifs is 1. The maximum absolute atomic E-state index is 11.0. The lowest BCUT2D eigenvalue weighted by Crippen LogP contribution is -2.26. The molecule has 0 spiro atoms. The fourth-order valence-electron chi connectivity index (χ4n) is 1.94. The van der Waals surface area contributed by atoms with Crippen LogP contribution in [0.1, 0.15) is 6.92 Å². The molecule has 0 fully saturated rings. The van der Waals surface area contributed by atoms with E-state index >= 15 is 0 Å². The van der Waals surface area contributed by atoms with Gasteiger partial charge in [-0.25, -0.2) is 9.78 Å². The minimum absolute atomic E-state index is 0.0658. The van der Waals surface area contributed by atoms with Crippen molar-refractivity contribution in [1.29, 1.82) is 0 Å². The normalized spacial score (nSPS) is 11.8. The van der Waals surface area contributed by atoms with Crippen LogP contribution in [0.2, 0.25) is 0 Å². The van der Waals surface area contributed by atoms with Gasteiger partial charge in [0.2, 0.25) is 10.4 Å². The Hall–Kier alpha value is -2.80. The van der Waals surface area contributed by atoms with Crippen molar-refractivity contribution in [3.8, 4) is 11.5 Å². The molecule has 0 bridgehead atoms. The van der Waals surface area contributed by atoms with Gasteiger partial charge >= 0.3 is 11.8 Å². The lowest BCUT2D eigenvalue weighted by molar-refractivity contribution is -0.390. The maximum atomic E-state index is 11.0. The minimum atomic E-state index is -0.689. The molecule has 1 aliphatic rings. The van der Waals surface area contributed by atoms with Crippen LogP contribution in [0.25, 0.3) is 0 Å². The molecule has 3 rings (SSSR count). The highest BCUT2D eigenvalue weighted by Gasteiger charge is 2.19. The smallest absolute Gasteiger partial charge is 0.407 e. The Bertz CT molecular complexity index is 926. The van der Waals surface area contributed by atoms with E-state index in [1.807, 2.05) is 0 Å². The number of nitrogens with one attached hydrogen (secondary N) is 1. The summed E-state index contributed by atoms with van der Waals surface area (Å²) in [6.07, 6.45) is 0. The zero-order chi connectivity index (χ0) is 21.4. The van der Waals surface area contributed by atoms with Crippen LogP contribution in [-0.2, 0) is 14.3 Å². The number of nitrogens with zero attached hydrogens (tertiary/aromatic N) is 3. The Balaban J connectivity index is 0.000000218. The third-order valence-electron chi connectivity index (χ3n) is 3.07. The number of amides is 1. The number of nitro groups is 1. The fourth-order valence-corrected chi connectivity index (χ4v) is 2.54. The van der Waals surface area contributed by atoms with Crippen LogP contribution in [0.4, 0.5) is 11.6 Å². The van der Waals surface area contributed by atoms with E-state index in [0.717, 1.165) is 0 Å². The summed E-state index contributed by atoms with van der Waals surface area (Å²) in [4.78, 5) is 39.5. The first-order valence-corrected chi connectivity index (χ1v) is 9.57. The summed E-state index contributed by atoms with van der Waals surface area (Å²) in [7, 11) is 0. The number of hydrogen-bond acceptors (Lipinski definition) is 9. The highest BCUT2D eigenvalue weighted by molar-refractivity contribution is 9.10. The van der Waals surface area contributed by atoms with Crippen molar-refractivity contribution in [3.05, 3.63) is 43.6 Å². The second-order valence-corrected chi connectivity index (χ2v) is 6.75. The topological polar surface area (TPSA) is 143 Å². The number of aromatic nitrogens is 2. The van der Waals surface area contributed by atoms with Crippen LogP contribution in [0.15, 0.2) is 33.5 Å². The largest absolute Gasteiger partial charge is 0.480 e. The molecule has 0 saturated carbocycles. The van der Waals surface area contributed by atoms with Crippen molar-refractivity contribution in [2.75, 3.05) is 25.1 Å². The van der Waals surface area contributed by atoms with Gasteiger partial charge in [0.25, 0.3) is 5.91 Å². The number of carbonyl (C=O) groups is 2. The summed E-state index contributed by atoms with van der Waals surface area (Å²) >= 11 is 6.20. The van der Waals surface area contributed by atoms with Crippen molar-refractivity contribution in [2.45, 2.75) is 6.92 Å². The molecule has 0 saturated heterocycles. The first kappa shape index (κ1) is 22.5. The zero-order valence-electron chi connectivity index (χ0n) is 14.9. The van der Waals surface area contributed by atoms with Crippen LogP contribution in [0.3, 0.4) is 0 Å². The van der Waals surface area contributed by atoms with Crippen molar-refractivity contribution in [2.24, 2.45) is 0 Å². The highest BCUT2D eigenvalue weighted by Crippen LogP contribution is 2.27. The first-order chi connectivity index (χ1) is 13.8. The second kappa shape index (κ2) is 10.7. The number of rotatable bonds is 5. The summed E-state index contributed by atoms with van der Waals surface area (Å²) in [5.41, 5.74) is 0. The SMILES string of the molecule is CCOC(=O)COc1ccc(Br)nc1[N+](=O)[O-].O=C1COc2ccc(Br)nc2N1. The Morgan fingerprint density at radius 1 is 1.28 bits per heavy atom. The van der Waals surface area contributed by atoms with Crippen molar-refractivity contribution >= 4 is 55.4 Å². The average molecular weight is 534 g/mol. The Morgan fingerprint density at radius 2 is 1.97 bits per heavy atom. The lowest BCUT2D eigenvalue weighted by Gasteiger charge is -2.16. The summed E-state index contributed by atoms with van der Waals surface area (Å²) < 4.78 is 15.7. The van der Waals surface area contributed by atoms with Gasteiger partial charge in [0.15, 0.2) is 24.8 Å². The molecule has 13 heteroatoms. The minimum Gasteiger partial charge on any atom is -0.480 e. The number of esters is 1. The molecule has 1 N–H and O–H groups in total. The number of anilines is 1. The van der Waals surface area contributed by atoms with Crippen molar-refractivity contribution < 1.29 is 28.7 Å². The van der Waals surface area contributed by atoms with Crippen LogP contribution < -0.4 is 14.8 Å². The van der Waals surface area contributed by atoms with E-state index in [1.165, 1.54) is 12.1 Å². The van der Waals surface area contributed by atoms with Gasteiger partial charge in [0.1, 0.15) is 4.60 Å². The Labute approximate surface area is 181 Å². The molecule has 0 aromatic carbocycles. The van der Waals surface area contributed by atoms with Crippen molar-refractivity contribution in [1.82, 2.24) is 9.97 Å². The molecule has 0 radical (unpaired) electrons. The predicted octanol–water partition coefficient (Wildman–Crippen LogP) is 2.87. The molecule has 1 amide bonds. The predicted molar refractivity (Wildman–Crippen MR) is 107 cm³/mol. The number of ether oxygens (including phenoxy) is 3. The molecule has 0 unspecified atom stereocenters. The van der Waals surface area contributed by atoms with Crippen molar-refractivity contribution in [3.63, 3.8) is 0 Å². The van der Waals surface area contributed by atoms with Crippen LogP contribution in [0.5, 0.6) is 11.5 Å². The molecule has 3 heterocycles. The standard InChI is InChI=1S/C9H9BrN2O5.C7H5BrN2O2/c1-2-16-8(13)5-17-6-3-4-7(10)11-9(6)12(14)15;8-5-2-1-4-7(9-5)10-6(11)3-12-4/h3-4H,2,5H2,1H3;1-2H,3H2,(H,9,10,11). The van der Waals surface area contributed by atoms with E-state index in [9.17, 15) is 19.7 Å². The zero-order valence-corrected chi connectivity index (χ0v) is 18.1. The van der Waals surface area contributed by atoms with E-state index in [4.69, 9.17) is 9.47 Å². The number of carbonyl (C=O) groups excluding carboxylic acids is 2. The maximum Gasteiger partial charge on any atom is 0.407 e. The molecular weight excluding hydrogens is 520 g/mol. The molecule has 29 heavy (non-hydrogen) atoms. The lowest BCUT2D eigenvalue weighted by atomic mass is 10.4. The van der Waals surface area contributed by atoms with E-state index in [2.05, 4.69) is 51.9 Å². The third-order valence-corrected chi connectivity index (χ3v) is 3.95. The van der Waals surface area contributed by atoms with E-state index in [1.54, 1.807) is 19.1 Å². The monoisotopic (exact) mass is 532 g/mol. The van der Waals surface area contributed by atoms with Gasteiger partial charge in [-0.3, -0.25) is 4.79 Å². The van der Waals surface area contributed by atoms with Gasteiger partial charge in [-0.15, -0.1) is 0 Å². The molecular formula is C16H14Br2N4O7. The molecule has 0 aliphatic carbocycles. The molecule has 1 aliphatic heterocycles. The first-order valence-electron chi connectivity index (χ1n) is 7.98. The van der Waals surface area contributed by atoms with E-state index < -0.39 is 23.3 Å². The third kappa shape index (κ3) is 6.94. The number of halogens is 2. The highest BCUT2D eigenvalue weighted by atomic mass is 79.9. The van der Waals surface area contributed by atoms with Gasteiger partial charge in [-0.2, -0.15) is 0 Å². The number of hydrogen-bond donors (Lipinski definition) is 1. The second-order valence-electron chi connectivity index (χ2n) is 5.12. The molecule has 2 aromatic heterocycles. The average Bonchev–Trinajstić information content (AvgIpc) is 2.67. The quantitative estimate of drug-likeness (QED) is 0.265. The summed E-state index contributed by atoms with van der Waals surface area (Å²) in [6, 6.07) is 6.35. The molecule has 11 nitrogen and oxygen atoms in total. The molecule has 2 aromatic rings. The van der Waals surface area contributed by atoms with Gasteiger partial charge in [-0.05, 0) is 51.0 Å². The fraction of sp³-hybridized carbons (Fsp3) is 0.250. The Kier molecular flexibility index (Phi) is 8.27. The summed E-state index contributed by atoms with van der Waals surface area (Å²) in [5.74, 6) is -0.217. The van der Waals surface area contributed by atoms with Crippen LogP contribution >= 0.6 is 31.9 Å². The van der Waals surface area contributed by atoms with Gasteiger partial charge < -0.3 is 29.6 Å². The summed E-state index contributed by atoms with van der Waals surface area (Å²) in [6.45, 7) is 1.55.